The summed E-state index contributed by atoms with van der Waals surface area (Å²) in [7, 11) is 0. The van der Waals surface area contributed by atoms with Gasteiger partial charge in [0.2, 0.25) is 0 Å². The normalized spacial score (nSPS) is 49.5. The van der Waals surface area contributed by atoms with Gasteiger partial charge in [-0.15, -0.1) is 0 Å². The Balaban J connectivity index is 1.60. The first-order valence-electron chi connectivity index (χ1n) is 9.20. The molecule has 21 heavy (non-hydrogen) atoms. The molecule has 0 N–H and O–H groups in total. The maximum Gasteiger partial charge on any atom is 0.139 e. The fourth-order valence-electron chi connectivity index (χ4n) is 6.88. The molecule has 116 valence electrons. The van der Waals surface area contributed by atoms with Crippen LogP contribution in [0.2, 0.25) is 0 Å². The van der Waals surface area contributed by atoms with Gasteiger partial charge in [-0.25, -0.2) is 0 Å². The van der Waals surface area contributed by atoms with Crippen molar-refractivity contribution in [2.45, 2.75) is 71.1 Å². The molecule has 0 heterocycles. The van der Waals surface area contributed by atoms with Gasteiger partial charge in [0.05, 0.1) is 0 Å². The second kappa shape index (κ2) is 4.93. The number of hydrogen-bond donors (Lipinski definition) is 0. The summed E-state index contributed by atoms with van der Waals surface area (Å²) in [5.74, 6) is 4.85. The third kappa shape index (κ3) is 1.90. The minimum absolute atomic E-state index is 0.0541. The summed E-state index contributed by atoms with van der Waals surface area (Å²) >= 11 is 0. The molecule has 0 saturated heterocycles. The average Bonchev–Trinajstić information content (AvgIpc) is 2.84. The molecule has 0 bridgehead atoms. The van der Waals surface area contributed by atoms with Gasteiger partial charge in [-0.1, -0.05) is 6.92 Å². The Morgan fingerprint density at radius 2 is 1.81 bits per heavy atom. The van der Waals surface area contributed by atoms with E-state index in [9.17, 15) is 9.59 Å². The lowest BCUT2D eigenvalue weighted by molar-refractivity contribution is -0.136. The van der Waals surface area contributed by atoms with Crippen LogP contribution in [0.4, 0.5) is 0 Å². The largest absolute Gasteiger partial charge is 0.300 e. The summed E-state index contributed by atoms with van der Waals surface area (Å²) in [5, 5.41) is 0. The summed E-state index contributed by atoms with van der Waals surface area (Å²) in [6.07, 6.45) is 10.8. The van der Waals surface area contributed by atoms with Crippen molar-refractivity contribution in [1.82, 2.24) is 0 Å². The lowest BCUT2D eigenvalue weighted by atomic mass is 9.50. The van der Waals surface area contributed by atoms with Crippen molar-refractivity contribution in [2.75, 3.05) is 0 Å². The van der Waals surface area contributed by atoms with Crippen LogP contribution in [0.15, 0.2) is 0 Å². The predicted molar refractivity (Wildman–Crippen MR) is 81.7 cm³/mol. The molecule has 0 aromatic carbocycles. The molecule has 4 rings (SSSR count). The van der Waals surface area contributed by atoms with Crippen molar-refractivity contribution in [3.05, 3.63) is 0 Å². The molecular formula is C19H28O2. The summed E-state index contributed by atoms with van der Waals surface area (Å²) in [5.41, 5.74) is 0.0541. The lowest BCUT2D eigenvalue weighted by Gasteiger charge is -2.54. The molecule has 0 aliphatic heterocycles. The molecule has 0 spiro atoms. The SMILES string of the molecule is CC[C@]12CC[C@H]3[C@@H](CC[C@@H]4CC(=O)CC[C@@H]43)[C@@H]1CCC2=O. The van der Waals surface area contributed by atoms with Gasteiger partial charge in [0.15, 0.2) is 0 Å². The quantitative estimate of drug-likeness (QED) is 0.726. The maximum atomic E-state index is 12.5. The summed E-state index contributed by atoms with van der Waals surface area (Å²) < 4.78 is 0. The van der Waals surface area contributed by atoms with E-state index in [1.165, 1.54) is 19.3 Å². The number of ketones is 2. The summed E-state index contributed by atoms with van der Waals surface area (Å²) in [6.45, 7) is 2.24. The van der Waals surface area contributed by atoms with Crippen LogP contribution in [-0.2, 0) is 9.59 Å². The van der Waals surface area contributed by atoms with E-state index in [0.717, 1.165) is 62.7 Å². The predicted octanol–water partition coefficient (Wildman–Crippen LogP) is 4.17. The van der Waals surface area contributed by atoms with Crippen LogP contribution in [0.1, 0.15) is 71.1 Å². The standard InChI is InChI=1S/C19H28O2/c1-2-19-10-9-15-14-6-4-13(20)11-12(14)3-5-16(15)17(19)7-8-18(19)21/h12,14-17H,2-11H2,1H3/t12-,14+,15-,16-,17+,19+/m1/s1. The van der Waals surface area contributed by atoms with Crippen LogP contribution >= 0.6 is 0 Å². The van der Waals surface area contributed by atoms with Gasteiger partial charge in [-0.05, 0) is 74.5 Å². The van der Waals surface area contributed by atoms with E-state index in [1.807, 2.05) is 0 Å². The lowest BCUT2D eigenvalue weighted by Crippen LogP contribution is -2.49. The molecule has 4 fully saturated rings. The number of carbonyl (C=O) groups is 2. The summed E-state index contributed by atoms with van der Waals surface area (Å²) in [6, 6.07) is 0. The third-order valence-electron chi connectivity index (χ3n) is 7.84. The van der Waals surface area contributed by atoms with Gasteiger partial charge in [-0.2, -0.15) is 0 Å². The van der Waals surface area contributed by atoms with Crippen LogP contribution in [-0.4, -0.2) is 11.6 Å². The molecule has 2 heteroatoms. The minimum atomic E-state index is 0.0541. The first-order chi connectivity index (χ1) is 10.2. The highest BCUT2D eigenvalue weighted by atomic mass is 16.1. The van der Waals surface area contributed by atoms with Crippen molar-refractivity contribution in [3.63, 3.8) is 0 Å². The molecule has 0 amide bonds. The molecule has 0 unspecified atom stereocenters. The number of Topliss-reactive ketones (excluding diaryl/α,β-unsaturated/α-hetero) is 2. The Hall–Kier alpha value is -0.660. The van der Waals surface area contributed by atoms with Crippen molar-refractivity contribution < 1.29 is 9.59 Å². The first kappa shape index (κ1) is 14.0. The molecule has 4 aliphatic rings. The Bertz CT molecular complexity index is 468. The zero-order chi connectivity index (χ0) is 14.6. The van der Waals surface area contributed by atoms with Crippen LogP contribution in [0, 0.1) is 35.0 Å². The molecule has 4 saturated carbocycles. The average molecular weight is 288 g/mol. The topological polar surface area (TPSA) is 34.1 Å². The second-order valence-corrected chi connectivity index (χ2v) is 8.23. The zero-order valence-electron chi connectivity index (χ0n) is 13.3. The number of rotatable bonds is 1. The Morgan fingerprint density at radius 3 is 2.62 bits per heavy atom. The summed E-state index contributed by atoms with van der Waals surface area (Å²) in [4.78, 5) is 24.3. The second-order valence-electron chi connectivity index (χ2n) is 8.23. The minimum Gasteiger partial charge on any atom is -0.300 e. The maximum absolute atomic E-state index is 12.5. The molecular weight excluding hydrogens is 260 g/mol. The van der Waals surface area contributed by atoms with Crippen molar-refractivity contribution in [2.24, 2.45) is 35.0 Å². The van der Waals surface area contributed by atoms with E-state index in [1.54, 1.807) is 0 Å². The first-order valence-corrected chi connectivity index (χ1v) is 9.20. The van der Waals surface area contributed by atoms with Crippen LogP contribution < -0.4 is 0 Å². The molecule has 0 aromatic rings. The van der Waals surface area contributed by atoms with E-state index in [-0.39, 0.29) is 5.41 Å². The smallest absolute Gasteiger partial charge is 0.139 e. The van der Waals surface area contributed by atoms with Gasteiger partial charge in [-0.3, -0.25) is 9.59 Å². The Labute approximate surface area is 128 Å². The van der Waals surface area contributed by atoms with Gasteiger partial charge in [0, 0.05) is 24.7 Å². The van der Waals surface area contributed by atoms with Gasteiger partial charge >= 0.3 is 0 Å². The molecule has 6 atom stereocenters. The highest BCUT2D eigenvalue weighted by Crippen LogP contribution is 2.62. The number of carbonyl (C=O) groups excluding carboxylic acids is 2. The zero-order valence-corrected chi connectivity index (χ0v) is 13.3. The Morgan fingerprint density at radius 1 is 0.952 bits per heavy atom. The highest BCUT2D eigenvalue weighted by Gasteiger charge is 2.58. The van der Waals surface area contributed by atoms with E-state index in [4.69, 9.17) is 0 Å². The van der Waals surface area contributed by atoms with E-state index >= 15 is 0 Å². The van der Waals surface area contributed by atoms with E-state index in [2.05, 4.69) is 6.92 Å². The van der Waals surface area contributed by atoms with E-state index in [0.29, 0.717) is 23.4 Å². The molecule has 0 aromatic heterocycles. The fraction of sp³-hybridized carbons (Fsp3) is 0.895. The van der Waals surface area contributed by atoms with Gasteiger partial charge in [0.25, 0.3) is 0 Å². The van der Waals surface area contributed by atoms with Crippen LogP contribution in [0.25, 0.3) is 0 Å². The molecule has 0 radical (unpaired) electrons. The molecule has 2 nitrogen and oxygen atoms in total. The number of fused-ring (bicyclic) bond motifs is 5. The van der Waals surface area contributed by atoms with Gasteiger partial charge < -0.3 is 0 Å². The molecule has 4 aliphatic carbocycles. The van der Waals surface area contributed by atoms with Crippen molar-refractivity contribution in [1.29, 1.82) is 0 Å². The van der Waals surface area contributed by atoms with Crippen LogP contribution in [0.3, 0.4) is 0 Å². The van der Waals surface area contributed by atoms with Crippen molar-refractivity contribution >= 4 is 11.6 Å². The monoisotopic (exact) mass is 288 g/mol. The number of hydrogen-bond acceptors (Lipinski definition) is 2. The highest BCUT2D eigenvalue weighted by molar-refractivity contribution is 5.87. The van der Waals surface area contributed by atoms with E-state index < -0.39 is 0 Å². The fourth-order valence-corrected chi connectivity index (χ4v) is 6.88. The van der Waals surface area contributed by atoms with Crippen LogP contribution in [0.5, 0.6) is 0 Å². The van der Waals surface area contributed by atoms with Gasteiger partial charge in [0.1, 0.15) is 11.6 Å². The van der Waals surface area contributed by atoms with Crippen molar-refractivity contribution in [3.8, 4) is 0 Å². The third-order valence-corrected chi connectivity index (χ3v) is 7.84. The Kier molecular flexibility index (Phi) is 3.28.